The summed E-state index contributed by atoms with van der Waals surface area (Å²) in [7, 11) is 0. The van der Waals surface area contributed by atoms with Crippen LogP contribution in [0.3, 0.4) is 0 Å². The quantitative estimate of drug-likeness (QED) is 0.663. The molecule has 0 aliphatic rings. The van der Waals surface area contributed by atoms with E-state index in [2.05, 4.69) is 10.2 Å². The van der Waals surface area contributed by atoms with E-state index in [4.69, 9.17) is 0 Å². The number of hydrogen-bond donors (Lipinski definition) is 1. The molecule has 1 aromatic heterocycles. The second-order valence-corrected chi connectivity index (χ2v) is 2.21. The minimum atomic E-state index is -2.99. The van der Waals surface area contributed by atoms with Crippen LogP contribution in [0, 0.1) is 0 Å². The average molecular weight is 160 g/mol. The zero-order valence-electron chi connectivity index (χ0n) is 5.77. The van der Waals surface area contributed by atoms with Crippen LogP contribution in [-0.4, -0.2) is 16.5 Å². The Labute approximate surface area is 61.4 Å². The summed E-state index contributed by atoms with van der Waals surface area (Å²) in [6.07, 6.45) is 0.433. The molecule has 0 aliphatic carbocycles. The van der Waals surface area contributed by atoms with Crippen LogP contribution in [0.1, 0.15) is 23.1 Å². The van der Waals surface area contributed by atoms with Crippen LogP contribution in [-0.2, 0) is 5.92 Å². The Kier molecular flexibility index (Phi) is 1.72. The summed E-state index contributed by atoms with van der Waals surface area (Å²) in [5, 5.41) is 5.42. The molecule has 0 radical (unpaired) electrons. The van der Waals surface area contributed by atoms with Crippen LogP contribution in [0.5, 0.6) is 0 Å². The molecule has 0 saturated heterocycles. The molecule has 1 heterocycles. The van der Waals surface area contributed by atoms with Gasteiger partial charge < -0.3 is 0 Å². The molecule has 1 aromatic rings. The van der Waals surface area contributed by atoms with Crippen molar-refractivity contribution < 1.29 is 13.6 Å². The number of nitrogens with one attached hydrogen (secondary N) is 1. The SMILES string of the molecule is CC(F)(F)c1cc(C=O)[nH]n1. The fourth-order valence-electron chi connectivity index (χ4n) is 0.622. The van der Waals surface area contributed by atoms with Gasteiger partial charge in [-0.15, -0.1) is 0 Å². The number of H-pyrrole nitrogens is 1. The first kappa shape index (κ1) is 7.84. The van der Waals surface area contributed by atoms with Gasteiger partial charge >= 0.3 is 0 Å². The molecule has 0 spiro atoms. The maximum absolute atomic E-state index is 12.4. The first-order valence-electron chi connectivity index (χ1n) is 2.93. The van der Waals surface area contributed by atoms with Gasteiger partial charge in [0.2, 0.25) is 0 Å². The Morgan fingerprint density at radius 2 is 2.36 bits per heavy atom. The highest BCUT2D eigenvalue weighted by Crippen LogP contribution is 2.24. The number of aldehydes is 1. The fourth-order valence-corrected chi connectivity index (χ4v) is 0.622. The molecule has 0 fully saturated rings. The molecule has 0 aromatic carbocycles. The van der Waals surface area contributed by atoms with Gasteiger partial charge in [0.1, 0.15) is 5.69 Å². The molecular formula is C6H6F2N2O. The highest BCUT2D eigenvalue weighted by Gasteiger charge is 2.27. The summed E-state index contributed by atoms with van der Waals surface area (Å²) in [4.78, 5) is 10.0. The molecule has 3 nitrogen and oxygen atoms in total. The van der Waals surface area contributed by atoms with Crippen molar-refractivity contribution in [3.8, 4) is 0 Å². The van der Waals surface area contributed by atoms with E-state index in [9.17, 15) is 13.6 Å². The van der Waals surface area contributed by atoms with Crippen LogP contribution < -0.4 is 0 Å². The second kappa shape index (κ2) is 2.41. The lowest BCUT2D eigenvalue weighted by atomic mass is 10.2. The summed E-state index contributed by atoms with van der Waals surface area (Å²) >= 11 is 0. The molecule has 1 N–H and O–H groups in total. The average Bonchev–Trinajstić information content (AvgIpc) is 2.32. The van der Waals surface area contributed by atoms with Crippen molar-refractivity contribution in [3.63, 3.8) is 0 Å². The Balaban J connectivity index is 2.98. The van der Waals surface area contributed by atoms with E-state index in [1.165, 1.54) is 0 Å². The molecule has 0 saturated carbocycles. The minimum absolute atomic E-state index is 0.0570. The predicted octanol–water partition coefficient (Wildman–Crippen LogP) is 1.33. The van der Waals surface area contributed by atoms with E-state index in [-0.39, 0.29) is 5.69 Å². The maximum Gasteiger partial charge on any atom is 0.288 e. The number of aromatic nitrogens is 2. The van der Waals surface area contributed by atoms with Gasteiger partial charge in [-0.3, -0.25) is 9.89 Å². The number of halogens is 2. The van der Waals surface area contributed by atoms with E-state index in [1.54, 1.807) is 0 Å². The molecule has 0 aliphatic heterocycles. The van der Waals surface area contributed by atoms with Gasteiger partial charge in [-0.25, -0.2) is 0 Å². The zero-order chi connectivity index (χ0) is 8.48. The van der Waals surface area contributed by atoms with Gasteiger partial charge in [-0.1, -0.05) is 0 Å². The maximum atomic E-state index is 12.4. The molecule has 1 rings (SSSR count). The Bertz CT molecular complexity index is 264. The van der Waals surface area contributed by atoms with E-state index >= 15 is 0 Å². The fraction of sp³-hybridized carbons (Fsp3) is 0.333. The lowest BCUT2D eigenvalue weighted by Gasteiger charge is -2.03. The smallest absolute Gasteiger partial charge is 0.288 e. The van der Waals surface area contributed by atoms with E-state index in [1.807, 2.05) is 0 Å². The lowest BCUT2D eigenvalue weighted by molar-refractivity contribution is 0.0127. The number of hydrogen-bond acceptors (Lipinski definition) is 2. The second-order valence-electron chi connectivity index (χ2n) is 2.21. The summed E-state index contributed by atoms with van der Waals surface area (Å²) < 4.78 is 24.8. The number of aromatic amines is 1. The zero-order valence-corrected chi connectivity index (χ0v) is 5.77. The van der Waals surface area contributed by atoms with Gasteiger partial charge in [-0.2, -0.15) is 13.9 Å². The Morgan fingerprint density at radius 1 is 1.73 bits per heavy atom. The van der Waals surface area contributed by atoms with E-state index < -0.39 is 11.6 Å². The van der Waals surface area contributed by atoms with Crippen LogP contribution >= 0.6 is 0 Å². The number of carbonyl (C=O) groups is 1. The highest BCUT2D eigenvalue weighted by atomic mass is 19.3. The van der Waals surface area contributed by atoms with Gasteiger partial charge in [0, 0.05) is 6.92 Å². The van der Waals surface area contributed by atoms with Gasteiger partial charge in [0.15, 0.2) is 6.29 Å². The normalized spacial score (nSPS) is 11.5. The van der Waals surface area contributed by atoms with Crippen molar-refractivity contribution in [2.24, 2.45) is 0 Å². The minimum Gasteiger partial charge on any atom is -0.296 e. The Hall–Kier alpha value is -1.26. The van der Waals surface area contributed by atoms with Crippen molar-refractivity contribution in [3.05, 3.63) is 17.5 Å². The monoisotopic (exact) mass is 160 g/mol. The standard InChI is InChI=1S/C6H6F2N2O/c1-6(7,8)5-2-4(3-11)9-10-5/h2-3H,1H3,(H,9,10). The van der Waals surface area contributed by atoms with Gasteiger partial charge in [0.05, 0.1) is 5.69 Å². The van der Waals surface area contributed by atoms with Crippen LogP contribution in [0.25, 0.3) is 0 Å². The molecule has 0 bridgehead atoms. The number of alkyl halides is 2. The van der Waals surface area contributed by atoms with Gasteiger partial charge in [-0.05, 0) is 6.07 Å². The third-order valence-electron chi connectivity index (χ3n) is 1.17. The van der Waals surface area contributed by atoms with Crippen molar-refractivity contribution in [2.45, 2.75) is 12.8 Å². The number of carbonyl (C=O) groups excluding carboxylic acids is 1. The van der Waals surface area contributed by atoms with Crippen LogP contribution in [0.4, 0.5) is 8.78 Å². The number of rotatable bonds is 2. The Morgan fingerprint density at radius 3 is 2.64 bits per heavy atom. The van der Waals surface area contributed by atoms with Crippen molar-refractivity contribution in [1.29, 1.82) is 0 Å². The molecule has 60 valence electrons. The summed E-state index contributed by atoms with van der Waals surface area (Å²) in [6.45, 7) is 0.720. The lowest BCUT2D eigenvalue weighted by Crippen LogP contribution is -2.06. The molecule has 0 amide bonds. The van der Waals surface area contributed by atoms with E-state index in [0.29, 0.717) is 6.29 Å². The molecule has 0 atom stereocenters. The molecular weight excluding hydrogens is 154 g/mol. The third kappa shape index (κ3) is 1.60. The van der Waals surface area contributed by atoms with Crippen molar-refractivity contribution in [2.75, 3.05) is 0 Å². The summed E-state index contributed by atoms with van der Waals surface area (Å²) in [5.74, 6) is -2.99. The summed E-state index contributed by atoms with van der Waals surface area (Å²) in [5.41, 5.74) is -0.360. The van der Waals surface area contributed by atoms with Crippen LogP contribution in [0.15, 0.2) is 6.07 Å². The van der Waals surface area contributed by atoms with Gasteiger partial charge in [0.25, 0.3) is 5.92 Å². The number of nitrogens with zero attached hydrogens (tertiary/aromatic N) is 1. The molecule has 5 heteroatoms. The topological polar surface area (TPSA) is 45.8 Å². The third-order valence-corrected chi connectivity index (χ3v) is 1.17. The first-order chi connectivity index (χ1) is 5.04. The predicted molar refractivity (Wildman–Crippen MR) is 33.5 cm³/mol. The van der Waals surface area contributed by atoms with Crippen molar-refractivity contribution >= 4 is 6.29 Å². The highest BCUT2D eigenvalue weighted by molar-refractivity contribution is 5.71. The van der Waals surface area contributed by atoms with Crippen LogP contribution in [0.2, 0.25) is 0 Å². The molecule has 11 heavy (non-hydrogen) atoms. The first-order valence-corrected chi connectivity index (χ1v) is 2.93. The van der Waals surface area contributed by atoms with Crippen molar-refractivity contribution in [1.82, 2.24) is 10.2 Å². The van der Waals surface area contributed by atoms with E-state index in [0.717, 1.165) is 13.0 Å². The largest absolute Gasteiger partial charge is 0.296 e. The molecule has 0 unspecified atom stereocenters. The summed E-state index contributed by atoms with van der Waals surface area (Å²) in [6, 6.07) is 1.02.